The average molecular weight is 377 g/mol. The Morgan fingerprint density at radius 1 is 1.21 bits per heavy atom. The van der Waals surface area contributed by atoms with Crippen LogP contribution in [0.5, 0.6) is 0 Å². The minimum Gasteiger partial charge on any atom is -0.268 e. The number of anilines is 1. The van der Waals surface area contributed by atoms with E-state index in [9.17, 15) is 14.9 Å². The van der Waals surface area contributed by atoms with Crippen molar-refractivity contribution in [3.8, 4) is 0 Å². The molecule has 24 heavy (non-hydrogen) atoms. The van der Waals surface area contributed by atoms with Crippen molar-refractivity contribution in [2.45, 2.75) is 0 Å². The van der Waals surface area contributed by atoms with Crippen LogP contribution in [0.2, 0.25) is 5.02 Å². The summed E-state index contributed by atoms with van der Waals surface area (Å²) in [5.41, 5.74) is 1.29. The van der Waals surface area contributed by atoms with Gasteiger partial charge in [-0.2, -0.15) is 0 Å². The summed E-state index contributed by atoms with van der Waals surface area (Å²) < 4.78 is 0.412. The fraction of sp³-hybridized carbons (Fsp3) is 0. The van der Waals surface area contributed by atoms with Gasteiger partial charge >= 0.3 is 0 Å². The van der Waals surface area contributed by atoms with Crippen molar-refractivity contribution in [2.24, 2.45) is 0 Å². The topological polar surface area (TPSA) is 63.4 Å². The molecule has 2 aromatic rings. The number of carbonyl (C=O) groups excluding carboxylic acids is 1. The standard InChI is InChI=1S/C16H9ClN2O3S2/c17-11-2-1-3-13(9-11)18-15(20)14(24-16(18)23)8-10-4-6-12(7-5-10)19(21)22/h1-9H/b14-8+. The van der Waals surface area contributed by atoms with Gasteiger partial charge in [-0.3, -0.25) is 19.8 Å². The van der Waals surface area contributed by atoms with Gasteiger partial charge < -0.3 is 0 Å². The number of nitro groups is 1. The molecule has 0 aromatic heterocycles. The Hall–Kier alpha value is -2.22. The van der Waals surface area contributed by atoms with Crippen LogP contribution in [0.4, 0.5) is 11.4 Å². The molecule has 0 bridgehead atoms. The lowest BCUT2D eigenvalue weighted by molar-refractivity contribution is -0.384. The molecular weight excluding hydrogens is 368 g/mol. The van der Waals surface area contributed by atoms with Crippen molar-refractivity contribution < 1.29 is 9.72 Å². The first-order valence-corrected chi connectivity index (χ1v) is 8.34. The summed E-state index contributed by atoms with van der Waals surface area (Å²) in [7, 11) is 0. The number of hydrogen-bond acceptors (Lipinski definition) is 5. The average Bonchev–Trinajstić information content (AvgIpc) is 2.82. The van der Waals surface area contributed by atoms with Gasteiger partial charge in [0.2, 0.25) is 0 Å². The van der Waals surface area contributed by atoms with Crippen LogP contribution < -0.4 is 4.90 Å². The molecule has 8 heteroatoms. The molecule has 120 valence electrons. The van der Waals surface area contributed by atoms with Crippen LogP contribution in [0.1, 0.15) is 5.56 Å². The molecule has 1 fully saturated rings. The molecule has 0 aliphatic carbocycles. The number of hydrogen-bond donors (Lipinski definition) is 0. The van der Waals surface area contributed by atoms with Gasteiger partial charge in [0, 0.05) is 17.2 Å². The highest BCUT2D eigenvalue weighted by Gasteiger charge is 2.33. The van der Waals surface area contributed by atoms with Crippen molar-refractivity contribution in [2.75, 3.05) is 4.90 Å². The van der Waals surface area contributed by atoms with Gasteiger partial charge in [-0.15, -0.1) is 0 Å². The Labute approximate surface area is 152 Å². The molecule has 1 saturated heterocycles. The third kappa shape index (κ3) is 3.33. The SMILES string of the molecule is O=C1/C(=C\c2ccc([N+](=O)[O-])cc2)SC(=S)N1c1cccc(Cl)c1. The molecule has 0 unspecified atom stereocenters. The van der Waals surface area contributed by atoms with E-state index in [1.807, 2.05) is 0 Å². The second-order valence-electron chi connectivity index (χ2n) is 4.85. The predicted octanol–water partition coefficient (Wildman–Crippen LogP) is 4.65. The van der Waals surface area contributed by atoms with Crippen LogP contribution in [0, 0.1) is 10.1 Å². The van der Waals surface area contributed by atoms with Crippen LogP contribution in [0.25, 0.3) is 6.08 Å². The highest BCUT2D eigenvalue weighted by Crippen LogP contribution is 2.36. The van der Waals surface area contributed by atoms with Gasteiger partial charge in [0.15, 0.2) is 4.32 Å². The van der Waals surface area contributed by atoms with Crippen molar-refractivity contribution in [1.82, 2.24) is 0 Å². The van der Waals surface area contributed by atoms with E-state index >= 15 is 0 Å². The normalized spacial score (nSPS) is 16.0. The van der Waals surface area contributed by atoms with Gasteiger partial charge in [-0.1, -0.05) is 41.6 Å². The third-order valence-corrected chi connectivity index (χ3v) is 4.80. The Morgan fingerprint density at radius 2 is 1.92 bits per heavy atom. The molecule has 1 aliphatic heterocycles. The number of benzene rings is 2. The summed E-state index contributed by atoms with van der Waals surface area (Å²) in [4.78, 5) is 24.7. The fourth-order valence-corrected chi connectivity index (χ4v) is 3.63. The molecule has 5 nitrogen and oxygen atoms in total. The number of carbonyl (C=O) groups is 1. The molecular formula is C16H9ClN2O3S2. The summed E-state index contributed by atoms with van der Waals surface area (Å²) in [6.07, 6.45) is 1.66. The number of halogens is 1. The predicted molar refractivity (Wildman–Crippen MR) is 100 cm³/mol. The minimum absolute atomic E-state index is 0.00127. The summed E-state index contributed by atoms with van der Waals surface area (Å²) in [6, 6.07) is 12.8. The quantitative estimate of drug-likeness (QED) is 0.337. The molecule has 1 heterocycles. The molecule has 0 spiro atoms. The lowest BCUT2D eigenvalue weighted by atomic mass is 10.2. The Balaban J connectivity index is 1.89. The number of nitrogens with zero attached hydrogens (tertiary/aromatic N) is 2. The van der Waals surface area contributed by atoms with Crippen LogP contribution in [0.15, 0.2) is 53.4 Å². The maximum atomic E-state index is 12.6. The van der Waals surface area contributed by atoms with Gasteiger partial charge in [0.1, 0.15) is 0 Å². The summed E-state index contributed by atoms with van der Waals surface area (Å²) in [5.74, 6) is -0.245. The Bertz CT molecular complexity index is 881. The maximum Gasteiger partial charge on any atom is 0.270 e. The second-order valence-corrected chi connectivity index (χ2v) is 6.96. The van der Waals surface area contributed by atoms with E-state index in [0.29, 0.717) is 25.5 Å². The van der Waals surface area contributed by atoms with Crippen molar-refractivity contribution in [1.29, 1.82) is 0 Å². The van der Waals surface area contributed by atoms with Crippen LogP contribution in [-0.4, -0.2) is 15.2 Å². The van der Waals surface area contributed by atoms with Gasteiger partial charge in [0.25, 0.3) is 11.6 Å². The lowest BCUT2D eigenvalue weighted by Crippen LogP contribution is -2.27. The number of nitro benzene ring substituents is 1. The van der Waals surface area contributed by atoms with Gasteiger partial charge in [-0.25, -0.2) is 0 Å². The van der Waals surface area contributed by atoms with E-state index < -0.39 is 4.92 Å². The monoisotopic (exact) mass is 376 g/mol. The highest BCUT2D eigenvalue weighted by molar-refractivity contribution is 8.27. The van der Waals surface area contributed by atoms with E-state index in [4.69, 9.17) is 23.8 Å². The van der Waals surface area contributed by atoms with E-state index in [2.05, 4.69) is 0 Å². The summed E-state index contributed by atoms with van der Waals surface area (Å²) in [6.45, 7) is 0. The molecule has 0 N–H and O–H groups in total. The zero-order chi connectivity index (χ0) is 17.3. The Kier molecular flexibility index (Phi) is 4.66. The van der Waals surface area contributed by atoms with Crippen LogP contribution in [-0.2, 0) is 4.79 Å². The van der Waals surface area contributed by atoms with Crippen molar-refractivity contribution >= 4 is 63.3 Å². The number of amides is 1. The molecule has 0 atom stereocenters. The van der Waals surface area contributed by atoms with E-state index in [0.717, 1.165) is 0 Å². The molecule has 3 rings (SSSR count). The smallest absolute Gasteiger partial charge is 0.268 e. The van der Waals surface area contributed by atoms with Crippen LogP contribution >= 0.6 is 35.6 Å². The van der Waals surface area contributed by atoms with Gasteiger partial charge in [0.05, 0.1) is 15.5 Å². The fourth-order valence-electron chi connectivity index (χ4n) is 2.15. The first-order chi connectivity index (χ1) is 11.5. The molecule has 2 aromatic carbocycles. The number of rotatable bonds is 3. The zero-order valence-corrected chi connectivity index (χ0v) is 14.4. The first-order valence-electron chi connectivity index (χ1n) is 6.74. The first kappa shape index (κ1) is 16.6. The minimum atomic E-state index is -0.470. The van der Waals surface area contributed by atoms with E-state index in [1.165, 1.54) is 28.8 Å². The highest BCUT2D eigenvalue weighted by atomic mass is 35.5. The number of non-ortho nitro benzene ring substituents is 1. The zero-order valence-electron chi connectivity index (χ0n) is 12.0. The lowest BCUT2D eigenvalue weighted by Gasteiger charge is -2.14. The molecule has 0 radical (unpaired) electrons. The molecule has 1 amide bonds. The number of thiocarbonyl (C=S) groups is 1. The van der Waals surface area contributed by atoms with E-state index in [-0.39, 0.29) is 11.6 Å². The second kappa shape index (κ2) is 6.72. The summed E-state index contributed by atoms with van der Waals surface area (Å²) in [5, 5.41) is 11.2. The Morgan fingerprint density at radius 3 is 2.54 bits per heavy atom. The van der Waals surface area contributed by atoms with Gasteiger partial charge in [-0.05, 0) is 42.0 Å². The van der Waals surface area contributed by atoms with Crippen molar-refractivity contribution in [3.63, 3.8) is 0 Å². The third-order valence-electron chi connectivity index (χ3n) is 3.26. The van der Waals surface area contributed by atoms with Crippen molar-refractivity contribution in [3.05, 3.63) is 74.1 Å². The maximum absolute atomic E-state index is 12.6. The molecule has 1 aliphatic rings. The van der Waals surface area contributed by atoms with Crippen LogP contribution in [0.3, 0.4) is 0 Å². The largest absolute Gasteiger partial charge is 0.270 e. The number of thioether (sulfide) groups is 1. The van der Waals surface area contributed by atoms with E-state index in [1.54, 1.807) is 42.5 Å². The molecule has 0 saturated carbocycles. The summed E-state index contributed by atoms with van der Waals surface area (Å²) >= 11 is 12.4.